The maximum absolute atomic E-state index is 11.3. The molecule has 0 unspecified atom stereocenters. The highest BCUT2D eigenvalue weighted by Crippen LogP contribution is 2.37. The monoisotopic (exact) mass is 240 g/mol. The minimum absolute atomic E-state index is 0.240. The largest absolute Gasteiger partial charge is 0.494 e. The first-order valence-electron chi connectivity index (χ1n) is 5.26. The van der Waals surface area contributed by atoms with E-state index in [1.165, 1.54) is 7.11 Å². The minimum atomic E-state index is -0.961. The van der Waals surface area contributed by atoms with Gasteiger partial charge >= 0.3 is 5.97 Å². The number of carboxylic acid groups (broad SMARTS) is 1. The van der Waals surface area contributed by atoms with Crippen LogP contribution in [0.15, 0.2) is 6.07 Å². The van der Waals surface area contributed by atoms with Crippen LogP contribution in [-0.4, -0.2) is 18.2 Å². The Kier molecular flexibility index (Phi) is 3.06. The molecule has 1 aromatic carbocycles. The normalized spacial score (nSPS) is 14.4. The predicted molar refractivity (Wildman–Crippen MR) is 61.6 cm³/mol. The fraction of sp³-hybridized carbons (Fsp3) is 0.417. The third kappa shape index (κ3) is 1.76. The Balaban J connectivity index is 2.68. The molecule has 0 amide bonds. The van der Waals surface area contributed by atoms with Gasteiger partial charge in [-0.05, 0) is 42.9 Å². The topological polar surface area (TPSA) is 46.5 Å². The van der Waals surface area contributed by atoms with Gasteiger partial charge in [-0.2, -0.15) is 0 Å². The van der Waals surface area contributed by atoms with Gasteiger partial charge < -0.3 is 9.84 Å². The minimum Gasteiger partial charge on any atom is -0.494 e. The van der Waals surface area contributed by atoms with E-state index in [2.05, 4.69) is 0 Å². The van der Waals surface area contributed by atoms with E-state index in [-0.39, 0.29) is 11.3 Å². The first-order valence-corrected chi connectivity index (χ1v) is 5.64. The maximum Gasteiger partial charge on any atom is 0.339 e. The molecule has 0 aliphatic heterocycles. The number of aryl methyl sites for hydroxylation is 1. The van der Waals surface area contributed by atoms with Crippen LogP contribution in [0.2, 0.25) is 5.02 Å². The molecule has 1 aliphatic carbocycles. The summed E-state index contributed by atoms with van der Waals surface area (Å²) < 4.78 is 5.09. The van der Waals surface area contributed by atoms with Crippen LogP contribution in [0.5, 0.6) is 5.75 Å². The van der Waals surface area contributed by atoms with Crippen molar-refractivity contribution in [2.75, 3.05) is 7.11 Å². The Morgan fingerprint density at radius 2 is 2.12 bits per heavy atom. The molecule has 4 heteroatoms. The highest BCUT2D eigenvalue weighted by atomic mass is 35.5. The molecule has 0 radical (unpaired) electrons. The zero-order valence-electron chi connectivity index (χ0n) is 9.05. The van der Waals surface area contributed by atoms with Gasteiger partial charge in [0.15, 0.2) is 5.75 Å². The van der Waals surface area contributed by atoms with Crippen LogP contribution >= 0.6 is 11.6 Å². The molecule has 1 N–H and O–H groups in total. The summed E-state index contributed by atoms with van der Waals surface area (Å²) in [6.07, 6.45) is 3.82. The zero-order valence-corrected chi connectivity index (χ0v) is 9.80. The fourth-order valence-electron chi connectivity index (χ4n) is 2.27. The summed E-state index contributed by atoms with van der Waals surface area (Å²) in [6, 6.07) is 1.83. The third-order valence-electron chi connectivity index (χ3n) is 2.98. The molecule has 86 valence electrons. The van der Waals surface area contributed by atoms with Gasteiger partial charge in [-0.3, -0.25) is 0 Å². The van der Waals surface area contributed by atoms with E-state index in [4.69, 9.17) is 16.3 Å². The molecule has 0 fully saturated rings. The first kappa shape index (κ1) is 11.3. The third-order valence-corrected chi connectivity index (χ3v) is 3.26. The molecule has 0 aromatic heterocycles. The van der Waals surface area contributed by atoms with Gasteiger partial charge in [0.2, 0.25) is 0 Å². The van der Waals surface area contributed by atoms with Crippen LogP contribution < -0.4 is 4.74 Å². The SMILES string of the molecule is COc1c(Cl)cc2c(c1C(=O)O)CCCC2. The highest BCUT2D eigenvalue weighted by Gasteiger charge is 2.24. The van der Waals surface area contributed by atoms with Gasteiger partial charge in [0.05, 0.1) is 12.1 Å². The molecule has 0 heterocycles. The van der Waals surface area contributed by atoms with Gasteiger partial charge in [-0.1, -0.05) is 11.6 Å². The number of hydrogen-bond donors (Lipinski definition) is 1. The average Bonchev–Trinajstić information content (AvgIpc) is 2.26. The molecule has 0 spiro atoms. The second kappa shape index (κ2) is 4.34. The number of methoxy groups -OCH3 is 1. The van der Waals surface area contributed by atoms with Crippen molar-refractivity contribution >= 4 is 17.6 Å². The molecule has 2 rings (SSSR count). The number of carboxylic acids is 1. The zero-order chi connectivity index (χ0) is 11.7. The number of aromatic carboxylic acids is 1. The molecular formula is C12H13ClO3. The number of fused-ring (bicyclic) bond motifs is 1. The van der Waals surface area contributed by atoms with Crippen LogP contribution in [0.1, 0.15) is 34.3 Å². The number of rotatable bonds is 2. The maximum atomic E-state index is 11.3. The average molecular weight is 241 g/mol. The number of ether oxygens (including phenoxy) is 1. The van der Waals surface area contributed by atoms with E-state index in [1.54, 1.807) is 0 Å². The summed E-state index contributed by atoms with van der Waals surface area (Å²) in [6.45, 7) is 0. The van der Waals surface area contributed by atoms with E-state index >= 15 is 0 Å². The van der Waals surface area contributed by atoms with Gasteiger partial charge in [0, 0.05) is 0 Å². The van der Waals surface area contributed by atoms with Crippen molar-refractivity contribution in [3.63, 3.8) is 0 Å². The highest BCUT2D eigenvalue weighted by molar-refractivity contribution is 6.32. The van der Waals surface area contributed by atoms with Crippen molar-refractivity contribution in [2.45, 2.75) is 25.7 Å². The molecule has 0 bridgehead atoms. The second-order valence-corrected chi connectivity index (χ2v) is 4.32. The van der Waals surface area contributed by atoms with E-state index in [9.17, 15) is 9.90 Å². The van der Waals surface area contributed by atoms with E-state index in [0.717, 1.165) is 36.8 Å². The summed E-state index contributed by atoms with van der Waals surface area (Å²) in [4.78, 5) is 11.3. The van der Waals surface area contributed by atoms with Crippen molar-refractivity contribution in [1.29, 1.82) is 0 Å². The van der Waals surface area contributed by atoms with Crippen LogP contribution in [0.4, 0.5) is 0 Å². The molecule has 0 saturated heterocycles. The predicted octanol–water partition coefficient (Wildman–Crippen LogP) is 2.93. The van der Waals surface area contributed by atoms with Crippen molar-refractivity contribution in [3.8, 4) is 5.75 Å². The molecule has 1 aliphatic rings. The number of halogens is 1. The Hall–Kier alpha value is -1.22. The first-order chi connectivity index (χ1) is 7.65. The van der Waals surface area contributed by atoms with Crippen LogP contribution in [0.3, 0.4) is 0 Å². The molecule has 0 atom stereocenters. The molecule has 1 aromatic rings. The van der Waals surface area contributed by atoms with Crippen LogP contribution in [0, 0.1) is 0 Å². The number of hydrogen-bond acceptors (Lipinski definition) is 2. The van der Waals surface area contributed by atoms with Crippen molar-refractivity contribution < 1.29 is 14.6 Å². The Morgan fingerprint density at radius 3 is 2.75 bits per heavy atom. The van der Waals surface area contributed by atoms with Crippen molar-refractivity contribution in [3.05, 3.63) is 27.8 Å². The lowest BCUT2D eigenvalue weighted by Crippen LogP contribution is -2.12. The smallest absolute Gasteiger partial charge is 0.339 e. The quantitative estimate of drug-likeness (QED) is 0.865. The summed E-state index contributed by atoms with van der Waals surface area (Å²) >= 11 is 6.02. The molecular weight excluding hydrogens is 228 g/mol. The summed E-state index contributed by atoms with van der Waals surface area (Å²) in [7, 11) is 1.45. The van der Waals surface area contributed by atoms with Gasteiger partial charge in [0.1, 0.15) is 5.56 Å². The van der Waals surface area contributed by atoms with Crippen LogP contribution in [-0.2, 0) is 12.8 Å². The van der Waals surface area contributed by atoms with E-state index in [0.29, 0.717) is 5.02 Å². The molecule has 3 nitrogen and oxygen atoms in total. The van der Waals surface area contributed by atoms with E-state index < -0.39 is 5.97 Å². The Morgan fingerprint density at radius 1 is 1.44 bits per heavy atom. The van der Waals surface area contributed by atoms with E-state index in [1.807, 2.05) is 6.07 Å². The van der Waals surface area contributed by atoms with Gasteiger partial charge in [-0.25, -0.2) is 4.79 Å². The second-order valence-electron chi connectivity index (χ2n) is 3.92. The Labute approximate surface area is 99.0 Å². The van der Waals surface area contributed by atoms with Crippen molar-refractivity contribution in [2.24, 2.45) is 0 Å². The lowest BCUT2D eigenvalue weighted by Gasteiger charge is -2.20. The van der Waals surface area contributed by atoms with Crippen LogP contribution in [0.25, 0.3) is 0 Å². The Bertz CT molecular complexity index is 440. The van der Waals surface area contributed by atoms with Gasteiger partial charge in [-0.15, -0.1) is 0 Å². The lowest BCUT2D eigenvalue weighted by molar-refractivity contribution is 0.0691. The fourth-order valence-corrected chi connectivity index (χ4v) is 2.58. The van der Waals surface area contributed by atoms with Crippen molar-refractivity contribution in [1.82, 2.24) is 0 Å². The standard InChI is InChI=1S/C12H13ClO3/c1-16-11-9(13)6-7-4-2-3-5-8(7)10(11)12(14)15/h6H,2-5H2,1H3,(H,14,15). The lowest BCUT2D eigenvalue weighted by atomic mass is 9.87. The van der Waals surface area contributed by atoms with Gasteiger partial charge in [0.25, 0.3) is 0 Å². The molecule has 0 saturated carbocycles. The molecule has 16 heavy (non-hydrogen) atoms. The summed E-state index contributed by atoms with van der Waals surface area (Å²) in [5, 5.41) is 9.63. The number of benzene rings is 1. The summed E-state index contributed by atoms with van der Waals surface area (Å²) in [5.41, 5.74) is 2.18. The summed E-state index contributed by atoms with van der Waals surface area (Å²) in [5.74, 6) is -0.674. The number of carbonyl (C=O) groups is 1.